The van der Waals surface area contributed by atoms with E-state index < -0.39 is 0 Å². The van der Waals surface area contributed by atoms with Crippen LogP contribution in [0, 0.1) is 0 Å². The number of phenols is 2. The van der Waals surface area contributed by atoms with E-state index in [9.17, 15) is 15.0 Å². The molecular formula is C15H14ClNO3. The molecular weight excluding hydrogens is 278 g/mol. The molecule has 2 aromatic rings. The van der Waals surface area contributed by atoms with Crippen molar-refractivity contribution in [2.75, 3.05) is 10.8 Å². The van der Waals surface area contributed by atoms with Crippen LogP contribution in [0.4, 0.5) is 5.69 Å². The van der Waals surface area contributed by atoms with Crippen molar-refractivity contribution in [1.82, 2.24) is 0 Å². The number of anilines is 1. The van der Waals surface area contributed by atoms with E-state index in [4.69, 9.17) is 11.6 Å². The van der Waals surface area contributed by atoms with Gasteiger partial charge in [0.15, 0.2) is 0 Å². The number of rotatable bonds is 4. The summed E-state index contributed by atoms with van der Waals surface area (Å²) in [5.74, 6) is -0.192. The van der Waals surface area contributed by atoms with Gasteiger partial charge in [0.2, 0.25) is 5.91 Å². The number of hydrogen-bond acceptors (Lipinski definition) is 3. The molecule has 5 heteroatoms. The molecule has 104 valence electrons. The van der Waals surface area contributed by atoms with E-state index in [-0.39, 0.29) is 29.8 Å². The molecule has 4 nitrogen and oxygen atoms in total. The van der Waals surface area contributed by atoms with E-state index in [1.54, 1.807) is 36.4 Å². The average Bonchev–Trinajstić information content (AvgIpc) is 2.47. The van der Waals surface area contributed by atoms with Gasteiger partial charge in [-0.15, -0.1) is 11.6 Å². The van der Waals surface area contributed by atoms with Crippen molar-refractivity contribution in [1.29, 1.82) is 0 Å². The highest BCUT2D eigenvalue weighted by atomic mass is 35.5. The summed E-state index contributed by atoms with van der Waals surface area (Å²) in [6.07, 6.45) is 0. The Bertz CT molecular complexity index is 598. The van der Waals surface area contributed by atoms with Gasteiger partial charge in [-0.1, -0.05) is 18.2 Å². The molecule has 2 aromatic carbocycles. The summed E-state index contributed by atoms with van der Waals surface area (Å²) in [6.45, 7) is 0.211. The van der Waals surface area contributed by atoms with Crippen LogP contribution in [0.5, 0.6) is 11.5 Å². The molecule has 0 fully saturated rings. The summed E-state index contributed by atoms with van der Waals surface area (Å²) in [5.41, 5.74) is 1.23. The molecule has 1 amide bonds. The number of alkyl halides is 1. The van der Waals surface area contributed by atoms with Crippen LogP contribution >= 0.6 is 11.6 Å². The van der Waals surface area contributed by atoms with E-state index in [1.165, 1.54) is 17.0 Å². The Balaban J connectivity index is 2.31. The molecule has 0 spiro atoms. The number of para-hydroxylation sites is 1. The smallest absolute Gasteiger partial charge is 0.242 e. The minimum atomic E-state index is -0.277. The summed E-state index contributed by atoms with van der Waals surface area (Å²) < 4.78 is 0. The Kier molecular flexibility index (Phi) is 4.48. The van der Waals surface area contributed by atoms with Gasteiger partial charge >= 0.3 is 0 Å². The zero-order valence-electron chi connectivity index (χ0n) is 10.7. The highest BCUT2D eigenvalue weighted by molar-refractivity contribution is 6.29. The normalized spacial score (nSPS) is 10.2. The maximum Gasteiger partial charge on any atom is 0.242 e. The average molecular weight is 292 g/mol. The van der Waals surface area contributed by atoms with E-state index >= 15 is 0 Å². The van der Waals surface area contributed by atoms with Gasteiger partial charge < -0.3 is 15.1 Å². The lowest BCUT2D eigenvalue weighted by atomic mass is 10.1. The van der Waals surface area contributed by atoms with Crippen LogP contribution in [-0.4, -0.2) is 22.0 Å². The first-order chi connectivity index (χ1) is 9.61. The number of aromatic hydroxyl groups is 2. The number of nitrogens with zero attached hydrogens (tertiary/aromatic N) is 1. The third kappa shape index (κ3) is 3.22. The van der Waals surface area contributed by atoms with Gasteiger partial charge in [-0.25, -0.2) is 0 Å². The zero-order valence-corrected chi connectivity index (χ0v) is 11.4. The third-order valence-corrected chi connectivity index (χ3v) is 3.13. The number of halogens is 1. The van der Waals surface area contributed by atoms with Crippen molar-refractivity contribution in [3.05, 3.63) is 54.1 Å². The monoisotopic (exact) mass is 291 g/mol. The lowest BCUT2D eigenvalue weighted by molar-refractivity contribution is -0.116. The number of hydrogen-bond donors (Lipinski definition) is 2. The van der Waals surface area contributed by atoms with Crippen LogP contribution in [0.25, 0.3) is 0 Å². The van der Waals surface area contributed by atoms with Crippen LogP contribution in [0.3, 0.4) is 0 Å². The zero-order chi connectivity index (χ0) is 14.5. The fourth-order valence-corrected chi connectivity index (χ4v) is 1.99. The van der Waals surface area contributed by atoms with Crippen LogP contribution in [0.1, 0.15) is 5.56 Å². The van der Waals surface area contributed by atoms with Crippen molar-refractivity contribution < 1.29 is 15.0 Å². The largest absolute Gasteiger partial charge is 0.508 e. The van der Waals surface area contributed by atoms with Gasteiger partial charge in [-0.3, -0.25) is 4.79 Å². The summed E-state index contributed by atoms with van der Waals surface area (Å²) >= 11 is 5.63. The summed E-state index contributed by atoms with van der Waals surface area (Å²) in [5, 5.41) is 19.1. The Morgan fingerprint density at radius 3 is 2.30 bits per heavy atom. The van der Waals surface area contributed by atoms with Crippen LogP contribution < -0.4 is 4.90 Å². The first-order valence-electron chi connectivity index (χ1n) is 6.04. The molecule has 0 aliphatic heterocycles. The quantitative estimate of drug-likeness (QED) is 0.852. The number of amides is 1. The molecule has 20 heavy (non-hydrogen) atoms. The van der Waals surface area contributed by atoms with Crippen molar-refractivity contribution in [2.24, 2.45) is 0 Å². The minimum Gasteiger partial charge on any atom is -0.508 e. The van der Waals surface area contributed by atoms with Gasteiger partial charge in [0.05, 0.1) is 6.54 Å². The van der Waals surface area contributed by atoms with E-state index in [2.05, 4.69) is 0 Å². The molecule has 0 saturated heterocycles. The minimum absolute atomic E-state index is 0.120. The standard InChI is InChI=1S/C15H14ClNO3/c16-9-15(20)17(12-5-7-13(18)8-6-12)10-11-3-1-2-4-14(11)19/h1-8,18-19H,9-10H2. The van der Waals surface area contributed by atoms with Crippen molar-refractivity contribution >= 4 is 23.2 Å². The van der Waals surface area contributed by atoms with Gasteiger partial charge in [0, 0.05) is 11.3 Å². The van der Waals surface area contributed by atoms with E-state index in [0.29, 0.717) is 11.3 Å². The SMILES string of the molecule is O=C(CCl)N(Cc1ccccc1O)c1ccc(O)cc1. The van der Waals surface area contributed by atoms with E-state index in [0.717, 1.165) is 0 Å². The van der Waals surface area contributed by atoms with Gasteiger partial charge in [0.25, 0.3) is 0 Å². The fraction of sp³-hybridized carbons (Fsp3) is 0.133. The molecule has 0 saturated carbocycles. The predicted octanol–water partition coefficient (Wildman–Crippen LogP) is 2.87. The first kappa shape index (κ1) is 14.2. The Morgan fingerprint density at radius 2 is 1.70 bits per heavy atom. The van der Waals surface area contributed by atoms with E-state index in [1.807, 2.05) is 0 Å². The first-order valence-corrected chi connectivity index (χ1v) is 6.57. The molecule has 0 heterocycles. The van der Waals surface area contributed by atoms with Crippen molar-refractivity contribution in [2.45, 2.75) is 6.54 Å². The highest BCUT2D eigenvalue weighted by Gasteiger charge is 2.16. The molecule has 0 unspecified atom stereocenters. The summed E-state index contributed by atoms with van der Waals surface area (Å²) in [4.78, 5) is 13.4. The molecule has 0 aliphatic carbocycles. The fourth-order valence-electron chi connectivity index (χ4n) is 1.84. The Hall–Kier alpha value is -2.20. The lowest BCUT2D eigenvalue weighted by Crippen LogP contribution is -2.31. The maximum absolute atomic E-state index is 12.0. The lowest BCUT2D eigenvalue weighted by Gasteiger charge is -2.22. The van der Waals surface area contributed by atoms with Crippen molar-refractivity contribution in [3.63, 3.8) is 0 Å². The summed E-state index contributed by atoms with van der Waals surface area (Å²) in [6, 6.07) is 13.0. The molecule has 2 rings (SSSR count). The number of carbonyl (C=O) groups is 1. The number of benzene rings is 2. The van der Waals surface area contributed by atoms with Gasteiger partial charge in [-0.2, -0.15) is 0 Å². The second-order valence-corrected chi connectivity index (χ2v) is 4.53. The van der Waals surface area contributed by atoms with Crippen LogP contribution in [0.15, 0.2) is 48.5 Å². The number of carbonyl (C=O) groups excluding carboxylic acids is 1. The second kappa shape index (κ2) is 6.30. The van der Waals surface area contributed by atoms with Crippen LogP contribution in [-0.2, 0) is 11.3 Å². The third-order valence-electron chi connectivity index (χ3n) is 2.90. The molecule has 2 N–H and O–H groups in total. The Labute approximate surface area is 121 Å². The topological polar surface area (TPSA) is 60.8 Å². The van der Waals surface area contributed by atoms with Crippen molar-refractivity contribution in [3.8, 4) is 11.5 Å². The predicted molar refractivity (Wildman–Crippen MR) is 78.1 cm³/mol. The molecule has 0 atom stereocenters. The maximum atomic E-state index is 12.0. The molecule has 0 radical (unpaired) electrons. The Morgan fingerprint density at radius 1 is 1.05 bits per heavy atom. The molecule has 0 bridgehead atoms. The van der Waals surface area contributed by atoms with Gasteiger partial charge in [0.1, 0.15) is 17.4 Å². The number of phenolic OH excluding ortho intramolecular Hbond substituents is 2. The van der Waals surface area contributed by atoms with Gasteiger partial charge in [-0.05, 0) is 30.3 Å². The molecule has 0 aliphatic rings. The summed E-state index contributed by atoms with van der Waals surface area (Å²) in [7, 11) is 0. The molecule has 0 aromatic heterocycles. The second-order valence-electron chi connectivity index (χ2n) is 4.26. The highest BCUT2D eigenvalue weighted by Crippen LogP contribution is 2.24. The van der Waals surface area contributed by atoms with Crippen LogP contribution in [0.2, 0.25) is 0 Å².